The number of hydrogen-bond acceptors (Lipinski definition) is 2. The fraction of sp³-hybridized carbons (Fsp3) is 0.143. The van der Waals surface area contributed by atoms with Crippen LogP contribution in [0.4, 0.5) is 0 Å². The Hall–Kier alpha value is -1.14. The van der Waals surface area contributed by atoms with Gasteiger partial charge in [-0.1, -0.05) is 12.2 Å². The number of nitriles is 1. The molecule has 0 aliphatic heterocycles. The Morgan fingerprint density at radius 2 is 2.40 bits per heavy atom. The summed E-state index contributed by atoms with van der Waals surface area (Å²) in [7, 11) is 0. The fourth-order valence-corrected chi connectivity index (χ4v) is 0.785. The normalized spacial score (nSPS) is 8.80. The zero-order valence-electron chi connectivity index (χ0n) is 5.51. The Labute approximate surface area is 64.1 Å². The number of hydrogen-bond donors (Lipinski definition) is 1. The van der Waals surface area contributed by atoms with Gasteiger partial charge in [-0.3, -0.25) is 0 Å². The molecule has 0 amide bonds. The zero-order chi connectivity index (χ0) is 7.56. The van der Waals surface area contributed by atoms with Crippen molar-refractivity contribution in [2.75, 3.05) is 0 Å². The smallest absolute Gasteiger partial charge is 0.118 e. The molecule has 2 nitrogen and oxygen atoms in total. The van der Waals surface area contributed by atoms with Gasteiger partial charge in [-0.15, -0.1) is 0 Å². The van der Waals surface area contributed by atoms with Gasteiger partial charge in [-0.2, -0.15) is 5.26 Å². The Kier molecular flexibility index (Phi) is 1.83. The van der Waals surface area contributed by atoms with Crippen LogP contribution in [0.2, 0.25) is 0 Å². The summed E-state index contributed by atoms with van der Waals surface area (Å²) >= 11 is 4.94. The van der Waals surface area contributed by atoms with Gasteiger partial charge in [0.1, 0.15) is 11.8 Å². The van der Waals surface area contributed by atoms with E-state index in [0.717, 1.165) is 10.1 Å². The highest BCUT2D eigenvalue weighted by Gasteiger charge is 1.89. The van der Waals surface area contributed by atoms with E-state index in [4.69, 9.17) is 17.5 Å². The molecule has 1 aromatic rings. The standard InChI is InChI=1S/C7H6N2S/c1-5-4-9-6(3-8)2-7(5)10/h2,4H,1H3,(H,9,10). The topological polar surface area (TPSA) is 39.6 Å². The predicted octanol–water partition coefficient (Wildman–Crippen LogP) is 1.92. The van der Waals surface area contributed by atoms with Crippen LogP contribution in [0.1, 0.15) is 11.3 Å². The first-order chi connectivity index (χ1) is 4.74. The maximum Gasteiger partial charge on any atom is 0.118 e. The third-order valence-electron chi connectivity index (χ3n) is 1.23. The highest BCUT2D eigenvalue weighted by molar-refractivity contribution is 7.71. The summed E-state index contributed by atoms with van der Waals surface area (Å²) in [5.41, 5.74) is 1.50. The number of rotatable bonds is 0. The minimum Gasteiger partial charge on any atom is -0.353 e. The van der Waals surface area contributed by atoms with Gasteiger partial charge < -0.3 is 4.98 Å². The molecule has 1 heterocycles. The molecule has 3 heteroatoms. The molecule has 0 aliphatic rings. The van der Waals surface area contributed by atoms with Crippen molar-refractivity contribution in [1.82, 2.24) is 4.98 Å². The van der Waals surface area contributed by atoms with Crippen LogP contribution in [0.25, 0.3) is 0 Å². The Morgan fingerprint density at radius 3 is 2.90 bits per heavy atom. The van der Waals surface area contributed by atoms with Crippen LogP contribution in [-0.4, -0.2) is 4.98 Å². The van der Waals surface area contributed by atoms with Crippen LogP contribution in [0.15, 0.2) is 12.3 Å². The van der Waals surface area contributed by atoms with E-state index in [9.17, 15) is 0 Å². The van der Waals surface area contributed by atoms with Crippen molar-refractivity contribution >= 4 is 12.2 Å². The Balaban J connectivity index is 3.34. The Morgan fingerprint density at radius 1 is 1.70 bits per heavy atom. The summed E-state index contributed by atoms with van der Waals surface area (Å²) in [6.07, 6.45) is 1.74. The number of H-pyrrole nitrogens is 1. The summed E-state index contributed by atoms with van der Waals surface area (Å²) in [6, 6.07) is 3.63. The molecule has 10 heavy (non-hydrogen) atoms. The largest absolute Gasteiger partial charge is 0.353 e. The molecule has 1 rings (SSSR count). The predicted molar refractivity (Wildman–Crippen MR) is 41.1 cm³/mol. The summed E-state index contributed by atoms with van der Waals surface area (Å²) in [5, 5.41) is 8.43. The minimum atomic E-state index is 0.510. The van der Waals surface area contributed by atoms with Crippen molar-refractivity contribution in [3.8, 4) is 6.07 Å². The molecule has 1 aromatic heterocycles. The number of nitrogens with zero attached hydrogens (tertiary/aromatic N) is 1. The second kappa shape index (κ2) is 2.63. The molecule has 0 saturated carbocycles. The number of nitrogens with one attached hydrogen (secondary N) is 1. The maximum absolute atomic E-state index is 8.43. The van der Waals surface area contributed by atoms with E-state index in [1.54, 1.807) is 12.3 Å². The lowest BCUT2D eigenvalue weighted by Gasteiger charge is -1.91. The summed E-state index contributed by atoms with van der Waals surface area (Å²) in [6.45, 7) is 1.90. The molecule has 0 aliphatic carbocycles. The maximum atomic E-state index is 8.43. The van der Waals surface area contributed by atoms with E-state index >= 15 is 0 Å². The van der Waals surface area contributed by atoms with Crippen LogP contribution < -0.4 is 0 Å². The monoisotopic (exact) mass is 150 g/mol. The van der Waals surface area contributed by atoms with Crippen LogP contribution >= 0.6 is 12.2 Å². The zero-order valence-corrected chi connectivity index (χ0v) is 6.33. The molecule has 0 aromatic carbocycles. The molecule has 0 radical (unpaired) electrons. The number of pyridine rings is 1. The van der Waals surface area contributed by atoms with Crippen molar-refractivity contribution in [2.45, 2.75) is 6.92 Å². The van der Waals surface area contributed by atoms with Crippen LogP contribution in [-0.2, 0) is 0 Å². The second-order valence-electron chi connectivity index (χ2n) is 2.01. The van der Waals surface area contributed by atoms with Gasteiger partial charge in [0.25, 0.3) is 0 Å². The third-order valence-corrected chi connectivity index (χ3v) is 1.67. The van der Waals surface area contributed by atoms with E-state index in [2.05, 4.69) is 4.98 Å². The van der Waals surface area contributed by atoms with E-state index < -0.39 is 0 Å². The molecule has 0 bridgehead atoms. The van der Waals surface area contributed by atoms with E-state index in [0.29, 0.717) is 5.69 Å². The first-order valence-corrected chi connectivity index (χ1v) is 3.24. The van der Waals surface area contributed by atoms with E-state index in [1.807, 2.05) is 13.0 Å². The summed E-state index contributed by atoms with van der Waals surface area (Å²) < 4.78 is 0.732. The van der Waals surface area contributed by atoms with E-state index in [-0.39, 0.29) is 0 Å². The van der Waals surface area contributed by atoms with Crippen molar-refractivity contribution < 1.29 is 0 Å². The average molecular weight is 150 g/mol. The van der Waals surface area contributed by atoms with Crippen molar-refractivity contribution in [2.24, 2.45) is 0 Å². The van der Waals surface area contributed by atoms with Gasteiger partial charge >= 0.3 is 0 Å². The second-order valence-corrected chi connectivity index (χ2v) is 2.45. The molecule has 0 spiro atoms. The SMILES string of the molecule is Cc1c[nH]c(C#N)cc1=S. The molecule has 0 fully saturated rings. The quantitative estimate of drug-likeness (QED) is 0.574. The number of aromatic nitrogens is 1. The van der Waals surface area contributed by atoms with Gasteiger partial charge in [0.2, 0.25) is 0 Å². The van der Waals surface area contributed by atoms with Gasteiger partial charge in [0.15, 0.2) is 0 Å². The molecule has 0 atom stereocenters. The molecule has 1 N–H and O–H groups in total. The van der Waals surface area contributed by atoms with Gasteiger partial charge in [-0.25, -0.2) is 0 Å². The molecule has 0 unspecified atom stereocenters. The molecular formula is C7H6N2S. The van der Waals surface area contributed by atoms with E-state index in [1.165, 1.54) is 0 Å². The highest BCUT2D eigenvalue weighted by atomic mass is 32.1. The van der Waals surface area contributed by atoms with Crippen LogP contribution in [0, 0.1) is 22.8 Å². The highest BCUT2D eigenvalue weighted by Crippen LogP contribution is 2.00. The average Bonchev–Trinajstić information content (AvgIpc) is 1.95. The molecule has 0 saturated heterocycles. The summed E-state index contributed by atoms with van der Waals surface area (Å²) in [4.78, 5) is 2.80. The first-order valence-electron chi connectivity index (χ1n) is 2.83. The fourth-order valence-electron chi connectivity index (χ4n) is 0.608. The van der Waals surface area contributed by atoms with Gasteiger partial charge in [0.05, 0.1) is 0 Å². The van der Waals surface area contributed by atoms with Crippen LogP contribution in [0.3, 0.4) is 0 Å². The first kappa shape index (κ1) is 6.97. The van der Waals surface area contributed by atoms with Crippen molar-refractivity contribution in [1.29, 1.82) is 5.26 Å². The van der Waals surface area contributed by atoms with Gasteiger partial charge in [-0.05, 0) is 18.6 Å². The van der Waals surface area contributed by atoms with Crippen LogP contribution in [0.5, 0.6) is 0 Å². The lowest BCUT2D eigenvalue weighted by Crippen LogP contribution is -1.83. The molecule has 50 valence electrons. The number of aromatic amines is 1. The Bertz CT molecular complexity index is 332. The molecular weight excluding hydrogens is 144 g/mol. The lowest BCUT2D eigenvalue weighted by atomic mass is 10.3. The summed E-state index contributed by atoms with van der Waals surface area (Å²) in [5.74, 6) is 0. The lowest BCUT2D eigenvalue weighted by molar-refractivity contribution is 1.21. The van der Waals surface area contributed by atoms with Crippen molar-refractivity contribution in [3.05, 3.63) is 28.0 Å². The van der Waals surface area contributed by atoms with Gasteiger partial charge in [0, 0.05) is 10.7 Å². The minimum absolute atomic E-state index is 0.510. The van der Waals surface area contributed by atoms with Crippen molar-refractivity contribution in [3.63, 3.8) is 0 Å². The third kappa shape index (κ3) is 1.23. The number of aryl methyl sites for hydroxylation is 1.